The highest BCUT2D eigenvalue weighted by Crippen LogP contribution is 2.23. The lowest BCUT2D eigenvalue weighted by Gasteiger charge is -2.22. The zero-order valence-corrected chi connectivity index (χ0v) is 9.82. The number of hydrogen-bond donors (Lipinski definition) is 0. The molecule has 84 valence electrons. The van der Waals surface area contributed by atoms with Crippen molar-refractivity contribution in [1.82, 2.24) is 4.90 Å². The van der Waals surface area contributed by atoms with Gasteiger partial charge in [-0.25, -0.2) is 0 Å². The van der Waals surface area contributed by atoms with Crippen molar-refractivity contribution in [3.8, 4) is 0 Å². The maximum atomic E-state index is 5.19. The zero-order chi connectivity index (χ0) is 10.6. The maximum absolute atomic E-state index is 5.19. The Morgan fingerprint density at radius 3 is 2.36 bits per heavy atom. The van der Waals surface area contributed by atoms with Crippen molar-refractivity contribution in [1.29, 1.82) is 0 Å². The van der Waals surface area contributed by atoms with Gasteiger partial charge in [-0.1, -0.05) is 13.8 Å². The first kappa shape index (κ1) is 12.0. The van der Waals surface area contributed by atoms with E-state index < -0.39 is 0 Å². The van der Waals surface area contributed by atoms with E-state index in [4.69, 9.17) is 9.47 Å². The highest BCUT2D eigenvalue weighted by Gasteiger charge is 2.26. The maximum Gasteiger partial charge on any atom is 0.169 e. The van der Waals surface area contributed by atoms with Gasteiger partial charge in [-0.3, -0.25) is 4.90 Å². The molecule has 1 rings (SSSR count). The second-order valence-electron chi connectivity index (χ2n) is 4.45. The molecule has 14 heavy (non-hydrogen) atoms. The topological polar surface area (TPSA) is 21.7 Å². The Morgan fingerprint density at radius 1 is 1.29 bits per heavy atom. The third-order valence-electron chi connectivity index (χ3n) is 3.18. The largest absolute Gasteiger partial charge is 0.355 e. The van der Waals surface area contributed by atoms with Crippen LogP contribution in [0.5, 0.6) is 0 Å². The standard InChI is InChI=1S/C11H23NO2/c1-9(2)10-5-6-12(7-10)8-11(13-3)14-4/h9-11H,5-8H2,1-4H3. The van der Waals surface area contributed by atoms with E-state index in [1.807, 2.05) is 0 Å². The molecular weight excluding hydrogens is 178 g/mol. The monoisotopic (exact) mass is 201 g/mol. The fourth-order valence-electron chi connectivity index (χ4n) is 2.03. The molecule has 1 saturated heterocycles. The second-order valence-corrected chi connectivity index (χ2v) is 4.45. The average Bonchev–Trinajstić information content (AvgIpc) is 2.62. The lowest BCUT2D eigenvalue weighted by atomic mass is 9.95. The van der Waals surface area contributed by atoms with Crippen LogP contribution in [0.2, 0.25) is 0 Å². The van der Waals surface area contributed by atoms with Crippen molar-refractivity contribution in [3.63, 3.8) is 0 Å². The molecule has 0 N–H and O–H groups in total. The minimum absolute atomic E-state index is 0.0686. The van der Waals surface area contributed by atoms with Crippen molar-refractivity contribution in [2.24, 2.45) is 11.8 Å². The Balaban J connectivity index is 2.28. The molecule has 0 saturated carbocycles. The number of hydrogen-bond acceptors (Lipinski definition) is 3. The molecule has 0 aromatic rings. The lowest BCUT2D eigenvalue weighted by molar-refractivity contribution is -0.114. The summed E-state index contributed by atoms with van der Waals surface area (Å²) in [6.07, 6.45) is 1.25. The smallest absolute Gasteiger partial charge is 0.169 e. The van der Waals surface area contributed by atoms with Crippen LogP contribution in [0.1, 0.15) is 20.3 Å². The van der Waals surface area contributed by atoms with E-state index >= 15 is 0 Å². The summed E-state index contributed by atoms with van der Waals surface area (Å²) in [6, 6.07) is 0. The Morgan fingerprint density at radius 2 is 1.93 bits per heavy atom. The summed E-state index contributed by atoms with van der Waals surface area (Å²) in [5, 5.41) is 0. The van der Waals surface area contributed by atoms with Crippen molar-refractivity contribution in [2.45, 2.75) is 26.6 Å². The molecule has 0 bridgehead atoms. The highest BCUT2D eigenvalue weighted by molar-refractivity contribution is 4.77. The van der Waals surface area contributed by atoms with Gasteiger partial charge in [0, 0.05) is 27.3 Å². The Hall–Kier alpha value is -0.120. The fourth-order valence-corrected chi connectivity index (χ4v) is 2.03. The predicted octanol–water partition coefficient (Wildman–Crippen LogP) is 1.58. The first-order valence-electron chi connectivity index (χ1n) is 5.45. The summed E-state index contributed by atoms with van der Waals surface area (Å²) < 4.78 is 10.4. The van der Waals surface area contributed by atoms with Crippen LogP contribution >= 0.6 is 0 Å². The highest BCUT2D eigenvalue weighted by atomic mass is 16.7. The molecule has 1 atom stereocenters. The lowest BCUT2D eigenvalue weighted by Crippen LogP contribution is -2.33. The van der Waals surface area contributed by atoms with Gasteiger partial charge >= 0.3 is 0 Å². The third-order valence-corrected chi connectivity index (χ3v) is 3.18. The summed E-state index contributed by atoms with van der Waals surface area (Å²) >= 11 is 0. The normalized spacial score (nSPS) is 24.0. The van der Waals surface area contributed by atoms with E-state index in [0.717, 1.165) is 18.4 Å². The summed E-state index contributed by atoms with van der Waals surface area (Å²) in [7, 11) is 3.40. The van der Waals surface area contributed by atoms with E-state index in [1.165, 1.54) is 19.5 Å². The van der Waals surface area contributed by atoms with Gasteiger partial charge in [0.05, 0.1) is 0 Å². The first-order valence-corrected chi connectivity index (χ1v) is 5.45. The molecular formula is C11H23NO2. The van der Waals surface area contributed by atoms with Gasteiger partial charge in [-0.05, 0) is 24.8 Å². The minimum atomic E-state index is -0.0686. The number of methoxy groups -OCH3 is 2. The van der Waals surface area contributed by atoms with Crippen LogP contribution in [-0.4, -0.2) is 45.0 Å². The predicted molar refractivity (Wildman–Crippen MR) is 57.2 cm³/mol. The summed E-state index contributed by atoms with van der Waals surface area (Å²) in [4.78, 5) is 2.43. The zero-order valence-electron chi connectivity index (χ0n) is 9.82. The van der Waals surface area contributed by atoms with Crippen molar-refractivity contribution in [3.05, 3.63) is 0 Å². The first-order chi connectivity index (χ1) is 6.67. The van der Waals surface area contributed by atoms with Gasteiger partial charge in [0.2, 0.25) is 0 Å². The quantitative estimate of drug-likeness (QED) is 0.630. The molecule has 3 nitrogen and oxygen atoms in total. The SMILES string of the molecule is COC(CN1CCC(C(C)C)C1)OC. The van der Waals surface area contributed by atoms with E-state index in [0.29, 0.717) is 0 Å². The Labute approximate surface area is 87.4 Å². The van der Waals surface area contributed by atoms with Crippen LogP contribution in [0.4, 0.5) is 0 Å². The Kier molecular flexibility index (Phi) is 4.85. The summed E-state index contributed by atoms with van der Waals surface area (Å²) in [6.45, 7) is 7.89. The molecule has 1 aliphatic rings. The van der Waals surface area contributed by atoms with Crippen LogP contribution < -0.4 is 0 Å². The molecule has 0 spiro atoms. The van der Waals surface area contributed by atoms with Gasteiger partial charge in [-0.15, -0.1) is 0 Å². The molecule has 3 heteroatoms. The third kappa shape index (κ3) is 3.23. The van der Waals surface area contributed by atoms with Gasteiger partial charge in [0.15, 0.2) is 6.29 Å². The van der Waals surface area contributed by atoms with Gasteiger partial charge in [0.25, 0.3) is 0 Å². The van der Waals surface area contributed by atoms with Gasteiger partial charge in [-0.2, -0.15) is 0 Å². The van der Waals surface area contributed by atoms with Crippen molar-refractivity contribution >= 4 is 0 Å². The van der Waals surface area contributed by atoms with Crippen molar-refractivity contribution < 1.29 is 9.47 Å². The molecule has 0 aromatic carbocycles. The van der Waals surface area contributed by atoms with Crippen LogP contribution in [0.15, 0.2) is 0 Å². The van der Waals surface area contributed by atoms with E-state index in [1.54, 1.807) is 14.2 Å². The Bertz CT molecular complexity index is 157. The molecule has 1 unspecified atom stereocenters. The molecule has 1 heterocycles. The average molecular weight is 201 g/mol. The number of rotatable bonds is 5. The number of ether oxygens (including phenoxy) is 2. The van der Waals surface area contributed by atoms with E-state index in [9.17, 15) is 0 Å². The summed E-state index contributed by atoms with van der Waals surface area (Å²) in [5.41, 5.74) is 0. The van der Waals surface area contributed by atoms with E-state index in [-0.39, 0.29) is 6.29 Å². The molecule has 0 radical (unpaired) electrons. The number of nitrogens with zero attached hydrogens (tertiary/aromatic N) is 1. The molecule has 1 fully saturated rings. The minimum Gasteiger partial charge on any atom is -0.355 e. The molecule has 0 amide bonds. The van der Waals surface area contributed by atoms with Crippen LogP contribution in [0.25, 0.3) is 0 Å². The van der Waals surface area contributed by atoms with Gasteiger partial charge in [0.1, 0.15) is 0 Å². The summed E-state index contributed by atoms with van der Waals surface area (Å²) in [5.74, 6) is 1.65. The van der Waals surface area contributed by atoms with Gasteiger partial charge < -0.3 is 9.47 Å². The van der Waals surface area contributed by atoms with Crippen LogP contribution in [-0.2, 0) is 9.47 Å². The molecule has 1 aliphatic heterocycles. The van der Waals surface area contributed by atoms with Crippen molar-refractivity contribution in [2.75, 3.05) is 33.9 Å². The van der Waals surface area contributed by atoms with E-state index in [2.05, 4.69) is 18.7 Å². The number of likely N-dealkylation sites (tertiary alicyclic amines) is 1. The fraction of sp³-hybridized carbons (Fsp3) is 1.00. The molecule has 0 aromatic heterocycles. The molecule has 0 aliphatic carbocycles. The second kappa shape index (κ2) is 5.69. The van der Waals surface area contributed by atoms with Crippen LogP contribution in [0, 0.1) is 11.8 Å². The van der Waals surface area contributed by atoms with Crippen LogP contribution in [0.3, 0.4) is 0 Å².